The van der Waals surface area contributed by atoms with Gasteiger partial charge in [-0.2, -0.15) is 0 Å². The molecule has 0 bridgehead atoms. The topological polar surface area (TPSA) is 111 Å². The molecule has 0 spiro atoms. The first-order valence-corrected chi connectivity index (χ1v) is 11.1. The van der Waals surface area contributed by atoms with Crippen LogP contribution >= 0.6 is 7.60 Å². The van der Waals surface area contributed by atoms with Gasteiger partial charge in [0.2, 0.25) is 0 Å². The van der Waals surface area contributed by atoms with E-state index >= 15 is 0 Å². The second-order valence-electron chi connectivity index (χ2n) is 6.45. The highest BCUT2D eigenvalue weighted by Gasteiger charge is 2.39. The Bertz CT molecular complexity index is 1090. The normalized spacial score (nSPS) is 12.6. The molecule has 3 aromatic rings. The number of nitrogens with zero attached hydrogens (tertiary/aromatic N) is 1. The predicted molar refractivity (Wildman–Crippen MR) is 116 cm³/mol. The number of nitro groups is 1. The van der Waals surface area contributed by atoms with Gasteiger partial charge in [0.05, 0.1) is 18.1 Å². The first kappa shape index (κ1) is 21.8. The minimum Gasteiger partial charge on any atom is -0.508 e. The fourth-order valence-corrected chi connectivity index (χ4v) is 5.28. The number of hydrogen-bond donors (Lipinski definition) is 2. The summed E-state index contributed by atoms with van der Waals surface area (Å²) >= 11 is 0. The Hall–Kier alpha value is -2.93. The molecule has 0 saturated carbocycles. The highest BCUT2D eigenvalue weighted by atomic mass is 31.2. The number of non-ortho nitro benzene ring substituents is 1. The Balaban J connectivity index is 2.21. The Kier molecular flexibility index (Phi) is 6.72. The zero-order valence-electron chi connectivity index (χ0n) is 16.6. The molecule has 0 aliphatic carbocycles. The maximum absolute atomic E-state index is 13.8. The summed E-state index contributed by atoms with van der Waals surface area (Å²) in [5, 5.41) is 26.4. The third-order valence-electron chi connectivity index (χ3n) is 4.52. The molecular weight excluding hydrogens is 407 g/mol. The second-order valence-corrected chi connectivity index (χ2v) is 8.56. The van der Waals surface area contributed by atoms with E-state index in [9.17, 15) is 19.8 Å². The van der Waals surface area contributed by atoms with Crippen LogP contribution in [0.1, 0.15) is 25.2 Å². The molecule has 0 saturated heterocycles. The van der Waals surface area contributed by atoms with Crippen LogP contribution in [0.4, 0.5) is 11.4 Å². The average Bonchev–Trinajstić information content (AvgIpc) is 2.73. The van der Waals surface area contributed by atoms with Gasteiger partial charge < -0.3 is 19.5 Å². The maximum atomic E-state index is 13.8. The summed E-state index contributed by atoms with van der Waals surface area (Å²) in [7, 11) is -3.83. The van der Waals surface area contributed by atoms with Gasteiger partial charge in [-0.3, -0.25) is 14.7 Å². The molecule has 1 atom stereocenters. The number of hydrogen-bond acceptors (Lipinski definition) is 7. The fraction of sp³-hybridized carbons (Fsp3) is 0.238. The summed E-state index contributed by atoms with van der Waals surface area (Å²) in [6.07, 6.45) is 0. The van der Waals surface area contributed by atoms with Crippen LogP contribution in [0.25, 0.3) is 10.8 Å². The summed E-state index contributed by atoms with van der Waals surface area (Å²) in [5.74, 6) is -1.18. The second kappa shape index (κ2) is 9.26. The van der Waals surface area contributed by atoms with Crippen molar-refractivity contribution in [3.8, 4) is 5.75 Å². The Labute approximate surface area is 174 Å². The predicted octanol–water partition coefficient (Wildman–Crippen LogP) is 5.83. The Morgan fingerprint density at radius 3 is 2.43 bits per heavy atom. The van der Waals surface area contributed by atoms with Crippen molar-refractivity contribution in [2.24, 2.45) is 0 Å². The van der Waals surface area contributed by atoms with E-state index in [4.69, 9.17) is 9.05 Å². The van der Waals surface area contributed by atoms with Crippen LogP contribution in [-0.4, -0.2) is 23.2 Å². The summed E-state index contributed by atoms with van der Waals surface area (Å²) in [4.78, 5) is 10.7. The minimum atomic E-state index is -3.83. The zero-order chi connectivity index (χ0) is 21.7. The number of rotatable bonds is 9. The molecule has 2 N–H and O–H groups in total. The van der Waals surface area contributed by atoms with Crippen LogP contribution in [0, 0.1) is 10.1 Å². The van der Waals surface area contributed by atoms with Crippen LogP contribution in [-0.2, 0) is 13.6 Å². The molecule has 0 aliphatic rings. The molecule has 8 nitrogen and oxygen atoms in total. The van der Waals surface area contributed by atoms with Crippen molar-refractivity contribution >= 4 is 29.7 Å². The smallest absolute Gasteiger partial charge is 0.357 e. The molecule has 0 aromatic heterocycles. The lowest BCUT2D eigenvalue weighted by atomic mass is 10.0. The van der Waals surface area contributed by atoms with Gasteiger partial charge in [0.15, 0.2) is 5.78 Å². The molecule has 0 heterocycles. The molecule has 3 rings (SSSR count). The van der Waals surface area contributed by atoms with Crippen molar-refractivity contribution in [1.82, 2.24) is 0 Å². The number of benzene rings is 3. The molecule has 30 heavy (non-hydrogen) atoms. The number of nitrogens with one attached hydrogen (secondary N) is 1. The van der Waals surface area contributed by atoms with Crippen molar-refractivity contribution in [2.45, 2.75) is 19.6 Å². The number of fused-ring (bicyclic) bond motifs is 1. The zero-order valence-corrected chi connectivity index (χ0v) is 17.5. The van der Waals surface area contributed by atoms with Crippen molar-refractivity contribution in [2.75, 3.05) is 18.5 Å². The van der Waals surface area contributed by atoms with E-state index in [2.05, 4.69) is 5.32 Å². The third kappa shape index (κ3) is 4.46. The largest absolute Gasteiger partial charge is 0.508 e. The number of aromatic hydroxyl groups is 1. The standard InChI is InChI=1S/C21H23N2O6P/c1-3-28-30(27,29-4-2)21(22-16-9-7-10-17(14-16)23(25)26)20-18-11-6-5-8-15(18)12-13-19(20)24/h5-14,21-22,24H,3-4H2,1-2H3. The lowest BCUT2D eigenvalue weighted by molar-refractivity contribution is -0.384. The van der Waals surface area contributed by atoms with Gasteiger partial charge in [-0.1, -0.05) is 36.4 Å². The molecule has 0 fully saturated rings. The first-order chi connectivity index (χ1) is 14.4. The lowest BCUT2D eigenvalue weighted by Gasteiger charge is -2.29. The number of nitro benzene ring substituents is 1. The van der Waals surface area contributed by atoms with E-state index in [0.717, 1.165) is 5.39 Å². The first-order valence-electron chi connectivity index (χ1n) is 9.50. The summed E-state index contributed by atoms with van der Waals surface area (Å²) in [6, 6.07) is 16.4. The fourth-order valence-electron chi connectivity index (χ4n) is 3.29. The van der Waals surface area contributed by atoms with E-state index in [-0.39, 0.29) is 24.7 Å². The Morgan fingerprint density at radius 2 is 1.77 bits per heavy atom. The quantitative estimate of drug-likeness (QED) is 0.250. The highest BCUT2D eigenvalue weighted by molar-refractivity contribution is 7.54. The third-order valence-corrected chi connectivity index (χ3v) is 6.77. The van der Waals surface area contributed by atoms with Crippen LogP contribution in [0.15, 0.2) is 60.7 Å². The molecule has 0 radical (unpaired) electrons. The van der Waals surface area contributed by atoms with Gasteiger partial charge in [-0.15, -0.1) is 0 Å². The molecule has 0 amide bonds. The number of phenols is 1. The van der Waals surface area contributed by atoms with Crippen molar-refractivity contribution in [3.05, 3.63) is 76.3 Å². The van der Waals surface area contributed by atoms with Gasteiger partial charge in [-0.25, -0.2) is 0 Å². The minimum absolute atomic E-state index is 0.0868. The van der Waals surface area contributed by atoms with Gasteiger partial charge >= 0.3 is 7.60 Å². The summed E-state index contributed by atoms with van der Waals surface area (Å²) in [6.45, 7) is 3.63. The van der Waals surface area contributed by atoms with E-state index in [1.54, 1.807) is 32.0 Å². The van der Waals surface area contributed by atoms with Gasteiger partial charge in [0.25, 0.3) is 5.69 Å². The van der Waals surface area contributed by atoms with E-state index in [1.807, 2.05) is 18.2 Å². The molecule has 1 unspecified atom stereocenters. The molecule has 9 heteroatoms. The van der Waals surface area contributed by atoms with E-state index in [1.165, 1.54) is 24.3 Å². The van der Waals surface area contributed by atoms with Crippen LogP contribution in [0.3, 0.4) is 0 Å². The molecule has 3 aromatic carbocycles. The van der Waals surface area contributed by atoms with Crippen molar-refractivity contribution < 1.29 is 23.6 Å². The average molecular weight is 430 g/mol. The van der Waals surface area contributed by atoms with Crippen molar-refractivity contribution in [3.63, 3.8) is 0 Å². The van der Waals surface area contributed by atoms with E-state index in [0.29, 0.717) is 16.6 Å². The highest BCUT2D eigenvalue weighted by Crippen LogP contribution is 2.62. The monoisotopic (exact) mass is 430 g/mol. The Morgan fingerprint density at radius 1 is 1.07 bits per heavy atom. The van der Waals surface area contributed by atoms with Crippen LogP contribution in [0.5, 0.6) is 5.75 Å². The molecular formula is C21H23N2O6P. The van der Waals surface area contributed by atoms with Crippen LogP contribution < -0.4 is 5.32 Å². The summed E-state index contributed by atoms with van der Waals surface area (Å²) in [5.41, 5.74) is 0.564. The number of anilines is 1. The van der Waals surface area contributed by atoms with Gasteiger partial charge in [0.1, 0.15) is 5.75 Å². The summed E-state index contributed by atoms with van der Waals surface area (Å²) < 4.78 is 24.9. The molecule has 0 aliphatic heterocycles. The maximum Gasteiger partial charge on any atom is 0.357 e. The van der Waals surface area contributed by atoms with Gasteiger partial charge in [-0.05, 0) is 36.8 Å². The lowest BCUT2D eigenvalue weighted by Crippen LogP contribution is -2.16. The van der Waals surface area contributed by atoms with Crippen LogP contribution in [0.2, 0.25) is 0 Å². The van der Waals surface area contributed by atoms with E-state index < -0.39 is 18.3 Å². The van der Waals surface area contributed by atoms with Gasteiger partial charge in [0, 0.05) is 23.4 Å². The number of phenolic OH excluding ortho intramolecular Hbond substituents is 1. The van der Waals surface area contributed by atoms with Crippen molar-refractivity contribution in [1.29, 1.82) is 0 Å². The molecule has 158 valence electrons. The SMILES string of the molecule is CCOP(=O)(OCC)C(Nc1cccc([N+](=O)[O-])c1)c1c(O)ccc2ccccc12.